The summed E-state index contributed by atoms with van der Waals surface area (Å²) in [5.41, 5.74) is 1.96. The van der Waals surface area contributed by atoms with E-state index in [4.69, 9.17) is 14.2 Å². The Morgan fingerprint density at radius 2 is 2.05 bits per heavy atom. The highest BCUT2D eigenvalue weighted by Gasteiger charge is 2.64. The van der Waals surface area contributed by atoms with E-state index >= 15 is 0 Å². The average Bonchev–Trinajstić information content (AvgIpc) is 3.01. The Kier molecular flexibility index (Phi) is 2.51. The number of fused-ring (bicyclic) bond motifs is 1. The SMILES string of the molecule is OCc1cccc(C23CCC4(CC2O3)OCCO4)c1. The smallest absolute Gasteiger partial charge is 0.171 e. The van der Waals surface area contributed by atoms with E-state index < -0.39 is 0 Å². The molecule has 102 valence electrons. The molecule has 0 amide bonds. The highest BCUT2D eigenvalue weighted by Crippen LogP contribution is 2.59. The Labute approximate surface area is 112 Å². The molecule has 1 saturated carbocycles. The van der Waals surface area contributed by atoms with E-state index in [2.05, 4.69) is 6.07 Å². The molecule has 2 saturated heterocycles. The molecule has 2 aliphatic heterocycles. The molecule has 1 N–H and O–H groups in total. The van der Waals surface area contributed by atoms with Gasteiger partial charge < -0.3 is 19.3 Å². The molecular formula is C15H18O4. The Bertz CT molecular complexity index is 495. The molecule has 2 heterocycles. The van der Waals surface area contributed by atoms with Crippen molar-refractivity contribution in [3.05, 3.63) is 35.4 Å². The monoisotopic (exact) mass is 262 g/mol. The number of aliphatic hydroxyl groups excluding tert-OH is 1. The predicted octanol–water partition coefficient (Wildman–Crippen LogP) is 1.70. The molecule has 3 aliphatic rings. The molecule has 4 heteroatoms. The molecule has 1 aliphatic carbocycles. The van der Waals surface area contributed by atoms with Gasteiger partial charge in [-0.1, -0.05) is 24.3 Å². The van der Waals surface area contributed by atoms with Crippen LogP contribution in [0.3, 0.4) is 0 Å². The number of hydrogen-bond acceptors (Lipinski definition) is 4. The topological polar surface area (TPSA) is 51.2 Å². The second kappa shape index (κ2) is 4.03. The van der Waals surface area contributed by atoms with Crippen molar-refractivity contribution in [1.82, 2.24) is 0 Å². The van der Waals surface area contributed by atoms with Gasteiger partial charge in [-0.25, -0.2) is 0 Å². The lowest BCUT2D eigenvalue weighted by atomic mass is 9.80. The van der Waals surface area contributed by atoms with Gasteiger partial charge in [0.15, 0.2) is 5.79 Å². The fourth-order valence-corrected chi connectivity index (χ4v) is 3.50. The molecule has 19 heavy (non-hydrogen) atoms. The van der Waals surface area contributed by atoms with Gasteiger partial charge in [0.1, 0.15) is 5.60 Å². The summed E-state index contributed by atoms with van der Waals surface area (Å²) in [6, 6.07) is 8.06. The van der Waals surface area contributed by atoms with Gasteiger partial charge in [0.2, 0.25) is 0 Å². The molecule has 1 aromatic carbocycles. The lowest BCUT2D eigenvalue weighted by Gasteiger charge is -2.32. The van der Waals surface area contributed by atoms with Crippen LogP contribution in [0.15, 0.2) is 24.3 Å². The van der Waals surface area contributed by atoms with Gasteiger partial charge in [-0.3, -0.25) is 0 Å². The molecule has 0 aromatic heterocycles. The van der Waals surface area contributed by atoms with E-state index in [0.29, 0.717) is 13.2 Å². The van der Waals surface area contributed by atoms with Gasteiger partial charge in [0.05, 0.1) is 25.9 Å². The largest absolute Gasteiger partial charge is 0.392 e. The number of aliphatic hydroxyl groups is 1. The van der Waals surface area contributed by atoms with Gasteiger partial charge in [-0.15, -0.1) is 0 Å². The van der Waals surface area contributed by atoms with E-state index in [0.717, 1.165) is 24.8 Å². The van der Waals surface area contributed by atoms with Crippen LogP contribution in [0.2, 0.25) is 0 Å². The summed E-state index contributed by atoms with van der Waals surface area (Å²) in [5.74, 6) is -0.390. The number of benzene rings is 1. The zero-order chi connectivity index (χ0) is 12.9. The van der Waals surface area contributed by atoms with Crippen molar-refractivity contribution in [3.63, 3.8) is 0 Å². The zero-order valence-corrected chi connectivity index (χ0v) is 10.8. The molecule has 1 spiro atoms. The van der Waals surface area contributed by atoms with Crippen LogP contribution in [0.4, 0.5) is 0 Å². The third-order valence-corrected chi connectivity index (χ3v) is 4.60. The standard InChI is InChI=1S/C15H18O4/c16-10-11-2-1-3-12(8-11)15-5-4-14(9-13(15)19-15)17-6-7-18-14/h1-3,8,13,16H,4-7,9-10H2. The van der Waals surface area contributed by atoms with Crippen molar-refractivity contribution in [3.8, 4) is 0 Å². The molecular weight excluding hydrogens is 244 g/mol. The first-order valence-corrected chi connectivity index (χ1v) is 6.92. The molecule has 4 nitrogen and oxygen atoms in total. The van der Waals surface area contributed by atoms with Crippen LogP contribution in [0, 0.1) is 0 Å². The van der Waals surface area contributed by atoms with E-state index in [9.17, 15) is 5.11 Å². The average molecular weight is 262 g/mol. The maximum atomic E-state index is 9.24. The van der Waals surface area contributed by atoms with Crippen LogP contribution in [0.1, 0.15) is 30.4 Å². The summed E-state index contributed by atoms with van der Waals surface area (Å²) < 4.78 is 17.5. The minimum absolute atomic E-state index is 0.0742. The summed E-state index contributed by atoms with van der Waals surface area (Å²) in [5, 5.41) is 9.24. The molecule has 1 aromatic rings. The zero-order valence-electron chi connectivity index (χ0n) is 10.8. The van der Waals surface area contributed by atoms with Gasteiger partial charge in [0.25, 0.3) is 0 Å². The van der Waals surface area contributed by atoms with Crippen molar-refractivity contribution in [2.45, 2.75) is 43.4 Å². The Balaban J connectivity index is 1.58. The van der Waals surface area contributed by atoms with Crippen LogP contribution >= 0.6 is 0 Å². The van der Waals surface area contributed by atoms with E-state index in [1.165, 1.54) is 5.56 Å². The second-order valence-electron chi connectivity index (χ2n) is 5.67. The summed E-state index contributed by atoms with van der Waals surface area (Å²) in [4.78, 5) is 0. The number of rotatable bonds is 2. The van der Waals surface area contributed by atoms with Crippen LogP contribution < -0.4 is 0 Å². The van der Waals surface area contributed by atoms with Gasteiger partial charge in [-0.2, -0.15) is 0 Å². The maximum Gasteiger partial charge on any atom is 0.171 e. The van der Waals surface area contributed by atoms with Crippen molar-refractivity contribution in [2.24, 2.45) is 0 Å². The van der Waals surface area contributed by atoms with Crippen molar-refractivity contribution >= 4 is 0 Å². The summed E-state index contributed by atoms with van der Waals surface area (Å²) in [6.45, 7) is 1.46. The molecule has 2 unspecified atom stereocenters. The van der Waals surface area contributed by atoms with Crippen LogP contribution in [-0.2, 0) is 26.4 Å². The minimum atomic E-state index is -0.390. The third-order valence-electron chi connectivity index (χ3n) is 4.60. The fourth-order valence-electron chi connectivity index (χ4n) is 3.50. The normalized spacial score (nSPS) is 35.3. The summed E-state index contributed by atoms with van der Waals surface area (Å²) >= 11 is 0. The van der Waals surface area contributed by atoms with E-state index in [-0.39, 0.29) is 24.1 Å². The van der Waals surface area contributed by atoms with Crippen LogP contribution in [-0.4, -0.2) is 30.2 Å². The predicted molar refractivity (Wildman–Crippen MR) is 67.4 cm³/mol. The fraction of sp³-hybridized carbons (Fsp3) is 0.600. The summed E-state index contributed by atoms with van der Waals surface area (Å²) in [7, 11) is 0. The van der Waals surface area contributed by atoms with E-state index in [1.54, 1.807) is 0 Å². The Hall–Kier alpha value is -0.940. The summed E-state index contributed by atoms with van der Waals surface area (Å²) in [6.07, 6.45) is 2.81. The first-order chi connectivity index (χ1) is 9.26. The lowest BCUT2D eigenvalue weighted by Crippen LogP contribution is -2.38. The second-order valence-corrected chi connectivity index (χ2v) is 5.67. The molecule has 0 radical (unpaired) electrons. The Morgan fingerprint density at radius 1 is 1.21 bits per heavy atom. The van der Waals surface area contributed by atoms with E-state index in [1.807, 2.05) is 18.2 Å². The first kappa shape index (κ1) is 11.9. The molecule has 4 rings (SSSR count). The number of epoxide rings is 1. The lowest BCUT2D eigenvalue weighted by molar-refractivity contribution is -0.175. The van der Waals surface area contributed by atoms with Crippen molar-refractivity contribution < 1.29 is 19.3 Å². The van der Waals surface area contributed by atoms with Crippen LogP contribution in [0.5, 0.6) is 0 Å². The van der Waals surface area contributed by atoms with Gasteiger partial charge in [0, 0.05) is 12.8 Å². The maximum absolute atomic E-state index is 9.24. The quantitative estimate of drug-likeness (QED) is 0.824. The Morgan fingerprint density at radius 3 is 2.79 bits per heavy atom. The number of ether oxygens (including phenoxy) is 3. The molecule has 0 bridgehead atoms. The van der Waals surface area contributed by atoms with Crippen LogP contribution in [0.25, 0.3) is 0 Å². The third kappa shape index (κ3) is 1.75. The first-order valence-electron chi connectivity index (χ1n) is 6.92. The number of hydrogen-bond donors (Lipinski definition) is 1. The van der Waals surface area contributed by atoms with Crippen molar-refractivity contribution in [2.75, 3.05) is 13.2 Å². The minimum Gasteiger partial charge on any atom is -0.392 e. The van der Waals surface area contributed by atoms with Gasteiger partial charge >= 0.3 is 0 Å². The molecule has 3 fully saturated rings. The van der Waals surface area contributed by atoms with Gasteiger partial charge in [-0.05, 0) is 17.5 Å². The van der Waals surface area contributed by atoms with Crippen molar-refractivity contribution in [1.29, 1.82) is 0 Å². The molecule has 2 atom stereocenters. The highest BCUT2D eigenvalue weighted by atomic mass is 16.7. The highest BCUT2D eigenvalue weighted by molar-refractivity contribution is 5.34.